The number of nitrogens with zero attached hydrogens (tertiary/aromatic N) is 5. The number of benzene rings is 1. The Bertz CT molecular complexity index is 988. The fourth-order valence-corrected chi connectivity index (χ4v) is 2.81. The molecule has 8 heteroatoms. The minimum atomic E-state index is -0.248. The van der Waals surface area contributed by atoms with Gasteiger partial charge in [-0.15, -0.1) is 0 Å². The monoisotopic (exact) mass is 334 g/mol. The molecule has 3 heterocycles. The van der Waals surface area contributed by atoms with Crippen LogP contribution in [0.2, 0.25) is 0 Å². The van der Waals surface area contributed by atoms with Crippen molar-refractivity contribution in [1.29, 1.82) is 0 Å². The van der Waals surface area contributed by atoms with Crippen LogP contribution in [0.15, 0.2) is 43.0 Å². The smallest absolute Gasteiger partial charge is 0.261 e. The molecule has 2 N–H and O–H groups in total. The van der Waals surface area contributed by atoms with Crippen molar-refractivity contribution in [3.63, 3.8) is 0 Å². The molecular weight excluding hydrogens is 320 g/mol. The molecule has 1 aliphatic heterocycles. The van der Waals surface area contributed by atoms with Crippen molar-refractivity contribution in [2.75, 3.05) is 12.3 Å². The number of imidazole rings is 1. The summed E-state index contributed by atoms with van der Waals surface area (Å²) in [7, 11) is 0. The third-order valence-electron chi connectivity index (χ3n) is 4.05. The number of amides is 2. The fraction of sp³-hybridized carbons (Fsp3) is 0.118. The van der Waals surface area contributed by atoms with Crippen LogP contribution in [0.3, 0.4) is 0 Å². The lowest BCUT2D eigenvalue weighted by Crippen LogP contribution is -2.30. The van der Waals surface area contributed by atoms with E-state index in [0.717, 1.165) is 0 Å². The number of nitrogens with two attached hydrogens (primary N) is 1. The molecule has 2 amide bonds. The zero-order chi connectivity index (χ0) is 17.4. The molecule has 0 saturated heterocycles. The van der Waals surface area contributed by atoms with Crippen LogP contribution in [0.5, 0.6) is 0 Å². The molecule has 0 unspecified atom stereocenters. The second-order valence-corrected chi connectivity index (χ2v) is 5.56. The first-order valence-corrected chi connectivity index (χ1v) is 7.71. The van der Waals surface area contributed by atoms with Gasteiger partial charge in [-0.25, -0.2) is 15.0 Å². The molecule has 124 valence electrons. The van der Waals surface area contributed by atoms with E-state index in [0.29, 0.717) is 41.1 Å². The first-order valence-electron chi connectivity index (χ1n) is 7.71. The number of carbonyl (C=O) groups excluding carboxylic acids is 2. The molecule has 0 spiro atoms. The number of fused-ring (bicyclic) bond motifs is 2. The van der Waals surface area contributed by atoms with E-state index in [1.54, 1.807) is 41.4 Å². The summed E-state index contributed by atoms with van der Waals surface area (Å²) in [6.07, 6.45) is 7.12. The van der Waals surface area contributed by atoms with Crippen LogP contribution >= 0.6 is 0 Å². The maximum Gasteiger partial charge on any atom is 0.261 e. The maximum absolute atomic E-state index is 12.3. The molecule has 2 aromatic heterocycles. The number of nitrogen functional groups attached to an aromatic ring is 1. The molecule has 0 bridgehead atoms. The Morgan fingerprint density at radius 2 is 1.76 bits per heavy atom. The van der Waals surface area contributed by atoms with Gasteiger partial charge >= 0.3 is 0 Å². The van der Waals surface area contributed by atoms with Crippen molar-refractivity contribution in [2.24, 2.45) is 0 Å². The molecule has 0 radical (unpaired) electrons. The summed E-state index contributed by atoms with van der Waals surface area (Å²) >= 11 is 0. The molecule has 0 aliphatic carbocycles. The van der Waals surface area contributed by atoms with Gasteiger partial charge in [0.1, 0.15) is 12.7 Å². The van der Waals surface area contributed by atoms with Crippen LogP contribution in [0.4, 0.5) is 5.82 Å². The van der Waals surface area contributed by atoms with Crippen LogP contribution < -0.4 is 5.73 Å². The second-order valence-electron chi connectivity index (χ2n) is 5.56. The highest BCUT2D eigenvalue weighted by atomic mass is 16.2. The molecule has 1 aliphatic rings. The van der Waals surface area contributed by atoms with Crippen LogP contribution in [0.1, 0.15) is 27.1 Å². The first kappa shape index (κ1) is 15.0. The third-order valence-corrected chi connectivity index (χ3v) is 4.05. The summed E-state index contributed by atoms with van der Waals surface area (Å²) in [6, 6.07) is 6.86. The average molecular weight is 334 g/mol. The summed E-state index contributed by atoms with van der Waals surface area (Å²) in [5.74, 6) is -0.173. The SMILES string of the molecule is Nc1ncnc2c1ncn2/C=C/CCN1C(=O)c2ccccc2C1=O. The minimum Gasteiger partial charge on any atom is -0.382 e. The highest BCUT2D eigenvalue weighted by Crippen LogP contribution is 2.22. The Hall–Kier alpha value is -3.55. The van der Waals surface area contributed by atoms with E-state index in [4.69, 9.17) is 5.73 Å². The van der Waals surface area contributed by atoms with Gasteiger partial charge in [-0.1, -0.05) is 18.2 Å². The molecule has 0 saturated carbocycles. The minimum absolute atomic E-state index is 0.248. The number of hydrogen-bond acceptors (Lipinski definition) is 6. The molecule has 3 aromatic rings. The van der Waals surface area contributed by atoms with Gasteiger partial charge in [0.2, 0.25) is 0 Å². The number of imide groups is 1. The number of hydrogen-bond donors (Lipinski definition) is 1. The maximum atomic E-state index is 12.3. The van der Waals surface area contributed by atoms with Crippen LogP contribution in [0.25, 0.3) is 17.4 Å². The Labute approximate surface area is 142 Å². The quantitative estimate of drug-likeness (QED) is 0.726. The van der Waals surface area contributed by atoms with Gasteiger partial charge < -0.3 is 5.73 Å². The predicted octanol–water partition coefficient (Wildman–Crippen LogP) is 1.57. The largest absolute Gasteiger partial charge is 0.382 e. The summed E-state index contributed by atoms with van der Waals surface area (Å²) in [6.45, 7) is 0.312. The number of aromatic nitrogens is 4. The topological polar surface area (TPSA) is 107 Å². The van der Waals surface area contributed by atoms with Crippen LogP contribution in [-0.2, 0) is 0 Å². The third kappa shape index (κ3) is 2.44. The lowest BCUT2D eigenvalue weighted by atomic mass is 10.1. The summed E-state index contributed by atoms with van der Waals surface area (Å²) in [5, 5.41) is 0. The van der Waals surface area contributed by atoms with Crippen molar-refractivity contribution >= 4 is 35.0 Å². The standard InChI is InChI=1S/C17H14N6O2/c18-14-13-15(20-9-19-14)22(10-21-13)7-3-4-8-23-16(24)11-5-1-2-6-12(11)17(23)25/h1-3,5-7,9-10H,4,8H2,(H2,18,19,20)/b7-3+. The van der Waals surface area contributed by atoms with Gasteiger partial charge in [0.15, 0.2) is 17.0 Å². The van der Waals surface area contributed by atoms with Gasteiger partial charge in [-0.3, -0.25) is 19.1 Å². The Balaban J connectivity index is 1.46. The van der Waals surface area contributed by atoms with Crippen molar-refractivity contribution < 1.29 is 9.59 Å². The Morgan fingerprint density at radius 3 is 2.48 bits per heavy atom. The van der Waals surface area contributed by atoms with Crippen molar-refractivity contribution in [3.8, 4) is 0 Å². The molecular formula is C17H14N6O2. The van der Waals surface area contributed by atoms with E-state index in [-0.39, 0.29) is 11.8 Å². The highest BCUT2D eigenvalue weighted by Gasteiger charge is 2.34. The molecule has 4 rings (SSSR count). The zero-order valence-electron chi connectivity index (χ0n) is 13.2. The van der Waals surface area contributed by atoms with E-state index >= 15 is 0 Å². The highest BCUT2D eigenvalue weighted by molar-refractivity contribution is 6.21. The molecule has 0 atom stereocenters. The van der Waals surface area contributed by atoms with E-state index in [1.807, 2.05) is 6.08 Å². The Morgan fingerprint density at radius 1 is 1.04 bits per heavy atom. The summed E-state index contributed by atoms with van der Waals surface area (Å²) < 4.78 is 1.72. The van der Waals surface area contributed by atoms with Crippen molar-refractivity contribution in [2.45, 2.75) is 6.42 Å². The van der Waals surface area contributed by atoms with E-state index in [1.165, 1.54) is 11.2 Å². The molecule has 8 nitrogen and oxygen atoms in total. The number of rotatable bonds is 4. The lowest BCUT2D eigenvalue weighted by molar-refractivity contribution is 0.0657. The molecule has 1 aromatic carbocycles. The van der Waals surface area contributed by atoms with Crippen molar-refractivity contribution in [3.05, 3.63) is 54.1 Å². The first-order chi connectivity index (χ1) is 12.2. The average Bonchev–Trinajstić information content (AvgIpc) is 3.14. The Kier molecular flexibility index (Phi) is 3.50. The lowest BCUT2D eigenvalue weighted by Gasteiger charge is -2.11. The van der Waals surface area contributed by atoms with Gasteiger partial charge in [-0.2, -0.15) is 0 Å². The summed E-state index contributed by atoms with van der Waals surface area (Å²) in [4.78, 5) is 38.0. The van der Waals surface area contributed by atoms with E-state index < -0.39 is 0 Å². The zero-order valence-corrected chi connectivity index (χ0v) is 13.2. The fourth-order valence-electron chi connectivity index (χ4n) is 2.81. The number of anilines is 1. The normalized spacial score (nSPS) is 14.0. The summed E-state index contributed by atoms with van der Waals surface area (Å²) in [5.41, 5.74) is 7.81. The van der Waals surface area contributed by atoms with E-state index in [2.05, 4.69) is 15.0 Å². The molecule has 0 fully saturated rings. The van der Waals surface area contributed by atoms with Crippen molar-refractivity contribution in [1.82, 2.24) is 24.4 Å². The predicted molar refractivity (Wildman–Crippen MR) is 91.5 cm³/mol. The van der Waals surface area contributed by atoms with Gasteiger partial charge in [-0.05, 0) is 18.6 Å². The van der Waals surface area contributed by atoms with Crippen LogP contribution in [0, 0.1) is 0 Å². The van der Waals surface area contributed by atoms with Gasteiger partial charge in [0, 0.05) is 12.7 Å². The van der Waals surface area contributed by atoms with E-state index in [9.17, 15) is 9.59 Å². The van der Waals surface area contributed by atoms with Gasteiger partial charge in [0.05, 0.1) is 11.1 Å². The van der Waals surface area contributed by atoms with Gasteiger partial charge in [0.25, 0.3) is 11.8 Å². The number of carbonyl (C=O) groups is 2. The second kappa shape index (κ2) is 5.82. The molecule has 25 heavy (non-hydrogen) atoms. The van der Waals surface area contributed by atoms with Crippen LogP contribution in [-0.4, -0.2) is 42.8 Å².